The van der Waals surface area contributed by atoms with Crippen molar-refractivity contribution in [1.82, 2.24) is 5.32 Å². The number of hydrogen-bond donors (Lipinski definition) is 1. The van der Waals surface area contributed by atoms with Crippen LogP contribution in [0.2, 0.25) is 5.02 Å². The number of carbonyl (C=O) groups is 1. The molecule has 0 saturated carbocycles. The van der Waals surface area contributed by atoms with E-state index in [1.165, 1.54) is 0 Å². The number of hydrogen-bond acceptors (Lipinski definition) is 2. The summed E-state index contributed by atoms with van der Waals surface area (Å²) in [6.45, 7) is 2.50. The standard InChI is InChI=1S/C18H16ClNO2/c1-12-6-7-14-11-17(22-16(14)10-12)18(21)20-9-8-13-4-2-3-5-15(13)19/h2-7,10-11H,8-9H2,1H3,(H,20,21). The van der Waals surface area contributed by atoms with Crippen molar-refractivity contribution < 1.29 is 9.21 Å². The quantitative estimate of drug-likeness (QED) is 0.777. The molecule has 0 saturated heterocycles. The van der Waals surface area contributed by atoms with E-state index in [0.29, 0.717) is 18.7 Å². The molecule has 4 heteroatoms. The zero-order chi connectivity index (χ0) is 15.5. The van der Waals surface area contributed by atoms with Crippen molar-refractivity contribution in [3.63, 3.8) is 0 Å². The number of aryl methyl sites for hydroxylation is 1. The van der Waals surface area contributed by atoms with Crippen LogP contribution in [0.5, 0.6) is 0 Å². The number of carbonyl (C=O) groups excluding carboxylic acids is 1. The van der Waals surface area contributed by atoms with Gasteiger partial charge in [0.15, 0.2) is 5.76 Å². The van der Waals surface area contributed by atoms with Crippen molar-refractivity contribution >= 4 is 28.5 Å². The fraction of sp³-hybridized carbons (Fsp3) is 0.167. The highest BCUT2D eigenvalue weighted by molar-refractivity contribution is 6.31. The van der Waals surface area contributed by atoms with Crippen LogP contribution in [-0.2, 0) is 6.42 Å². The number of benzene rings is 2. The van der Waals surface area contributed by atoms with Gasteiger partial charge in [-0.05, 0) is 42.7 Å². The van der Waals surface area contributed by atoms with Crippen molar-refractivity contribution in [3.8, 4) is 0 Å². The van der Waals surface area contributed by atoms with E-state index in [-0.39, 0.29) is 5.91 Å². The first kappa shape index (κ1) is 14.7. The van der Waals surface area contributed by atoms with E-state index in [9.17, 15) is 4.79 Å². The monoisotopic (exact) mass is 313 g/mol. The lowest BCUT2D eigenvalue weighted by atomic mass is 10.1. The van der Waals surface area contributed by atoms with Gasteiger partial charge in [-0.25, -0.2) is 0 Å². The molecule has 0 bridgehead atoms. The van der Waals surface area contributed by atoms with E-state index >= 15 is 0 Å². The van der Waals surface area contributed by atoms with Gasteiger partial charge >= 0.3 is 0 Å². The van der Waals surface area contributed by atoms with Crippen LogP contribution < -0.4 is 5.32 Å². The van der Waals surface area contributed by atoms with Crippen LogP contribution >= 0.6 is 11.6 Å². The Morgan fingerprint density at radius 2 is 2.00 bits per heavy atom. The molecule has 3 aromatic rings. The maximum absolute atomic E-state index is 12.1. The van der Waals surface area contributed by atoms with Crippen LogP contribution in [0, 0.1) is 6.92 Å². The van der Waals surface area contributed by atoms with Gasteiger partial charge in [0.25, 0.3) is 5.91 Å². The molecule has 2 aromatic carbocycles. The minimum absolute atomic E-state index is 0.207. The molecule has 3 nitrogen and oxygen atoms in total. The molecule has 0 atom stereocenters. The van der Waals surface area contributed by atoms with Gasteiger partial charge < -0.3 is 9.73 Å². The van der Waals surface area contributed by atoms with Gasteiger partial charge in [0.1, 0.15) is 5.58 Å². The van der Waals surface area contributed by atoms with E-state index in [2.05, 4.69) is 5.32 Å². The third kappa shape index (κ3) is 3.15. The number of fused-ring (bicyclic) bond motifs is 1. The lowest BCUT2D eigenvalue weighted by molar-refractivity contribution is 0.0928. The molecule has 22 heavy (non-hydrogen) atoms. The lowest BCUT2D eigenvalue weighted by Gasteiger charge is -2.05. The first-order valence-electron chi connectivity index (χ1n) is 7.15. The summed E-state index contributed by atoms with van der Waals surface area (Å²) in [7, 11) is 0. The van der Waals surface area contributed by atoms with Gasteiger partial charge in [0, 0.05) is 17.0 Å². The Labute approximate surface area is 133 Å². The molecular weight excluding hydrogens is 298 g/mol. The molecule has 0 aliphatic carbocycles. The molecule has 112 valence electrons. The molecular formula is C18H16ClNO2. The van der Waals surface area contributed by atoms with Gasteiger partial charge in [-0.2, -0.15) is 0 Å². The largest absolute Gasteiger partial charge is 0.451 e. The van der Waals surface area contributed by atoms with Gasteiger partial charge in [-0.15, -0.1) is 0 Å². The summed E-state index contributed by atoms with van der Waals surface area (Å²) in [4.78, 5) is 12.1. The van der Waals surface area contributed by atoms with Crippen molar-refractivity contribution in [2.45, 2.75) is 13.3 Å². The Bertz CT molecular complexity index is 823. The Kier molecular flexibility index (Phi) is 4.16. The van der Waals surface area contributed by atoms with E-state index in [0.717, 1.165) is 27.1 Å². The number of halogens is 1. The number of rotatable bonds is 4. The average Bonchev–Trinajstić information content (AvgIpc) is 2.92. The average molecular weight is 314 g/mol. The summed E-state index contributed by atoms with van der Waals surface area (Å²) in [5, 5.41) is 4.51. The van der Waals surface area contributed by atoms with E-state index in [1.807, 2.05) is 49.4 Å². The second-order valence-corrected chi connectivity index (χ2v) is 5.66. The van der Waals surface area contributed by atoms with Gasteiger partial charge in [-0.3, -0.25) is 4.79 Å². The molecule has 0 aliphatic rings. The topological polar surface area (TPSA) is 42.2 Å². The molecule has 0 aliphatic heterocycles. The third-order valence-corrected chi connectivity index (χ3v) is 3.91. The Morgan fingerprint density at radius 3 is 2.82 bits per heavy atom. The summed E-state index contributed by atoms with van der Waals surface area (Å²) >= 11 is 6.09. The number of furan rings is 1. The van der Waals surface area contributed by atoms with Crippen LogP contribution in [0.3, 0.4) is 0 Å². The second kappa shape index (κ2) is 6.24. The molecule has 3 rings (SSSR count). The summed E-state index contributed by atoms with van der Waals surface area (Å²) in [5.41, 5.74) is 2.86. The molecule has 0 fully saturated rings. The zero-order valence-corrected chi connectivity index (χ0v) is 13.0. The summed E-state index contributed by atoms with van der Waals surface area (Å²) in [6.07, 6.45) is 0.685. The van der Waals surface area contributed by atoms with Crippen molar-refractivity contribution in [1.29, 1.82) is 0 Å². The maximum Gasteiger partial charge on any atom is 0.287 e. The predicted molar refractivity (Wildman–Crippen MR) is 88.4 cm³/mol. The van der Waals surface area contributed by atoms with Crippen LogP contribution in [0.15, 0.2) is 52.9 Å². The Hall–Kier alpha value is -2.26. The molecule has 0 spiro atoms. The van der Waals surface area contributed by atoms with Gasteiger partial charge in [0.05, 0.1) is 0 Å². The van der Waals surface area contributed by atoms with Crippen LogP contribution in [-0.4, -0.2) is 12.5 Å². The number of amides is 1. The zero-order valence-electron chi connectivity index (χ0n) is 12.2. The fourth-order valence-corrected chi connectivity index (χ4v) is 2.58. The van der Waals surface area contributed by atoms with Crippen LogP contribution in [0.4, 0.5) is 0 Å². The molecule has 1 amide bonds. The fourth-order valence-electron chi connectivity index (χ4n) is 2.35. The second-order valence-electron chi connectivity index (χ2n) is 5.25. The highest BCUT2D eigenvalue weighted by atomic mass is 35.5. The lowest BCUT2D eigenvalue weighted by Crippen LogP contribution is -2.25. The van der Waals surface area contributed by atoms with Gasteiger partial charge in [0.2, 0.25) is 0 Å². The SMILES string of the molecule is Cc1ccc2cc(C(=O)NCCc3ccccc3Cl)oc2c1. The summed E-state index contributed by atoms with van der Waals surface area (Å²) in [6, 6.07) is 15.3. The first-order valence-corrected chi connectivity index (χ1v) is 7.53. The highest BCUT2D eigenvalue weighted by Gasteiger charge is 2.12. The maximum atomic E-state index is 12.1. The minimum Gasteiger partial charge on any atom is -0.451 e. The normalized spacial score (nSPS) is 10.8. The smallest absolute Gasteiger partial charge is 0.287 e. The first-order chi connectivity index (χ1) is 10.6. The summed E-state index contributed by atoms with van der Waals surface area (Å²) in [5.74, 6) is 0.126. The van der Waals surface area contributed by atoms with Crippen LogP contribution in [0.1, 0.15) is 21.7 Å². The van der Waals surface area contributed by atoms with Gasteiger partial charge in [-0.1, -0.05) is 41.9 Å². The Morgan fingerprint density at radius 1 is 1.18 bits per heavy atom. The third-order valence-electron chi connectivity index (χ3n) is 3.54. The molecule has 1 aromatic heterocycles. The highest BCUT2D eigenvalue weighted by Crippen LogP contribution is 2.20. The van der Waals surface area contributed by atoms with Crippen molar-refractivity contribution in [2.24, 2.45) is 0 Å². The van der Waals surface area contributed by atoms with E-state index in [1.54, 1.807) is 6.07 Å². The Balaban J connectivity index is 1.65. The molecule has 1 N–H and O–H groups in total. The van der Waals surface area contributed by atoms with Crippen molar-refractivity contribution in [2.75, 3.05) is 6.54 Å². The number of nitrogens with one attached hydrogen (secondary N) is 1. The molecule has 0 unspecified atom stereocenters. The predicted octanol–water partition coefficient (Wildman–Crippen LogP) is 4.37. The van der Waals surface area contributed by atoms with Crippen LogP contribution in [0.25, 0.3) is 11.0 Å². The van der Waals surface area contributed by atoms with E-state index < -0.39 is 0 Å². The summed E-state index contributed by atoms with van der Waals surface area (Å²) < 4.78 is 5.60. The molecule has 1 heterocycles. The minimum atomic E-state index is -0.207. The van der Waals surface area contributed by atoms with E-state index in [4.69, 9.17) is 16.0 Å². The van der Waals surface area contributed by atoms with Crippen molar-refractivity contribution in [3.05, 3.63) is 70.4 Å². The molecule has 0 radical (unpaired) electrons.